The SMILES string of the molecule is O=C(O)[C@@H]1CCCCN1C(=O)c1ccc(F)cc1I. The predicted molar refractivity (Wildman–Crippen MR) is 75.4 cm³/mol. The predicted octanol–water partition coefficient (Wildman–Crippen LogP) is 2.51. The Labute approximate surface area is 123 Å². The van der Waals surface area contributed by atoms with Gasteiger partial charge < -0.3 is 10.0 Å². The van der Waals surface area contributed by atoms with E-state index in [9.17, 15) is 14.0 Å². The summed E-state index contributed by atoms with van der Waals surface area (Å²) >= 11 is 1.89. The number of hydrogen-bond donors (Lipinski definition) is 1. The summed E-state index contributed by atoms with van der Waals surface area (Å²) in [7, 11) is 0. The van der Waals surface area contributed by atoms with E-state index in [1.807, 2.05) is 22.6 Å². The number of carboxylic acid groups (broad SMARTS) is 1. The number of piperidine rings is 1. The van der Waals surface area contributed by atoms with Gasteiger partial charge in [0.25, 0.3) is 5.91 Å². The number of likely N-dealkylation sites (tertiary alicyclic amines) is 1. The first-order chi connectivity index (χ1) is 9.00. The molecular formula is C13H13FINO3. The Bertz CT molecular complexity index is 521. The number of amides is 1. The quantitative estimate of drug-likeness (QED) is 0.806. The van der Waals surface area contributed by atoms with E-state index >= 15 is 0 Å². The van der Waals surface area contributed by atoms with Crippen molar-refractivity contribution in [1.82, 2.24) is 4.90 Å². The monoisotopic (exact) mass is 377 g/mol. The first-order valence-corrected chi connectivity index (χ1v) is 7.07. The fourth-order valence-electron chi connectivity index (χ4n) is 2.25. The molecule has 4 nitrogen and oxygen atoms in total. The minimum atomic E-state index is -0.981. The highest BCUT2D eigenvalue weighted by Gasteiger charge is 2.33. The second kappa shape index (κ2) is 5.85. The van der Waals surface area contributed by atoms with Gasteiger partial charge in [-0.2, -0.15) is 0 Å². The average molecular weight is 377 g/mol. The van der Waals surface area contributed by atoms with Gasteiger partial charge in [0, 0.05) is 10.1 Å². The lowest BCUT2D eigenvalue weighted by atomic mass is 10.0. The Morgan fingerprint density at radius 3 is 2.74 bits per heavy atom. The number of hydrogen-bond acceptors (Lipinski definition) is 2. The summed E-state index contributed by atoms with van der Waals surface area (Å²) in [6.45, 7) is 0.434. The Morgan fingerprint density at radius 1 is 1.37 bits per heavy atom. The maximum atomic E-state index is 13.0. The van der Waals surface area contributed by atoms with Crippen molar-refractivity contribution in [2.75, 3.05) is 6.54 Å². The molecule has 0 radical (unpaired) electrons. The number of rotatable bonds is 2. The summed E-state index contributed by atoms with van der Waals surface area (Å²) in [4.78, 5) is 24.9. The van der Waals surface area contributed by atoms with E-state index in [4.69, 9.17) is 5.11 Å². The number of carbonyl (C=O) groups is 2. The van der Waals surface area contributed by atoms with Crippen molar-refractivity contribution >= 4 is 34.5 Å². The second-order valence-electron chi connectivity index (χ2n) is 4.47. The van der Waals surface area contributed by atoms with Gasteiger partial charge in [-0.1, -0.05) is 0 Å². The average Bonchev–Trinajstić information content (AvgIpc) is 2.38. The summed E-state index contributed by atoms with van der Waals surface area (Å²) in [5.41, 5.74) is 0.357. The molecule has 0 bridgehead atoms. The Kier molecular flexibility index (Phi) is 4.38. The molecule has 0 aromatic heterocycles. The lowest BCUT2D eigenvalue weighted by Crippen LogP contribution is -2.48. The van der Waals surface area contributed by atoms with Gasteiger partial charge in [-0.3, -0.25) is 4.79 Å². The lowest BCUT2D eigenvalue weighted by Gasteiger charge is -2.33. The van der Waals surface area contributed by atoms with Gasteiger partial charge in [0.15, 0.2) is 0 Å². The van der Waals surface area contributed by atoms with Crippen LogP contribution in [0.3, 0.4) is 0 Å². The van der Waals surface area contributed by atoms with Gasteiger partial charge in [-0.25, -0.2) is 9.18 Å². The van der Waals surface area contributed by atoms with Crippen LogP contribution in [0.1, 0.15) is 29.6 Å². The third-order valence-electron chi connectivity index (χ3n) is 3.21. The van der Waals surface area contributed by atoms with E-state index in [0.717, 1.165) is 12.8 Å². The first kappa shape index (κ1) is 14.2. The number of nitrogens with zero attached hydrogens (tertiary/aromatic N) is 1. The van der Waals surface area contributed by atoms with Crippen molar-refractivity contribution in [3.05, 3.63) is 33.1 Å². The van der Waals surface area contributed by atoms with Gasteiger partial charge in [0.2, 0.25) is 0 Å². The molecule has 1 aliphatic rings. The third-order valence-corrected chi connectivity index (χ3v) is 4.10. The number of halogens is 2. The summed E-state index contributed by atoms with van der Waals surface area (Å²) < 4.78 is 13.5. The van der Waals surface area contributed by atoms with Crippen LogP contribution in [-0.2, 0) is 4.79 Å². The topological polar surface area (TPSA) is 57.6 Å². The van der Waals surface area contributed by atoms with E-state index in [1.165, 1.54) is 23.1 Å². The van der Waals surface area contributed by atoms with Crippen LogP contribution >= 0.6 is 22.6 Å². The van der Waals surface area contributed by atoms with E-state index in [2.05, 4.69) is 0 Å². The maximum absolute atomic E-state index is 13.0. The van der Waals surface area contributed by atoms with Gasteiger partial charge in [-0.05, 0) is 60.1 Å². The van der Waals surface area contributed by atoms with Crippen molar-refractivity contribution in [3.63, 3.8) is 0 Å². The van der Waals surface area contributed by atoms with Crippen molar-refractivity contribution < 1.29 is 19.1 Å². The van der Waals surface area contributed by atoms with E-state index in [1.54, 1.807) is 0 Å². The number of benzene rings is 1. The number of carboxylic acids is 1. The van der Waals surface area contributed by atoms with Gasteiger partial charge >= 0.3 is 5.97 Å². The van der Waals surface area contributed by atoms with Crippen LogP contribution in [0.25, 0.3) is 0 Å². The molecule has 1 atom stereocenters. The minimum Gasteiger partial charge on any atom is -0.480 e. The molecule has 1 saturated heterocycles. The summed E-state index contributed by atoms with van der Waals surface area (Å²) in [5.74, 6) is -1.73. The van der Waals surface area contributed by atoms with Crippen molar-refractivity contribution in [2.45, 2.75) is 25.3 Å². The molecule has 1 N–H and O–H groups in total. The summed E-state index contributed by atoms with van der Waals surface area (Å²) in [6, 6.07) is 3.12. The number of carbonyl (C=O) groups excluding carboxylic acids is 1. The first-order valence-electron chi connectivity index (χ1n) is 5.99. The van der Waals surface area contributed by atoms with Crippen molar-refractivity contribution in [1.29, 1.82) is 0 Å². The van der Waals surface area contributed by atoms with Gasteiger partial charge in [0.1, 0.15) is 11.9 Å². The molecule has 0 saturated carbocycles. The Balaban J connectivity index is 2.28. The molecule has 1 heterocycles. The van der Waals surface area contributed by atoms with Crippen LogP contribution in [-0.4, -0.2) is 34.5 Å². The molecule has 0 aliphatic carbocycles. The Hall–Kier alpha value is -1.18. The second-order valence-corrected chi connectivity index (χ2v) is 5.63. The van der Waals surface area contributed by atoms with Crippen LogP contribution in [0.4, 0.5) is 4.39 Å². The van der Waals surface area contributed by atoms with Crippen LogP contribution in [0, 0.1) is 9.39 Å². The molecule has 1 amide bonds. The minimum absolute atomic E-state index is 0.337. The van der Waals surface area contributed by atoms with E-state index in [-0.39, 0.29) is 5.91 Å². The molecule has 0 unspecified atom stereocenters. The zero-order valence-electron chi connectivity index (χ0n) is 10.1. The number of aliphatic carboxylic acids is 1. The highest BCUT2D eigenvalue weighted by Crippen LogP contribution is 2.22. The molecule has 1 fully saturated rings. The smallest absolute Gasteiger partial charge is 0.326 e. The molecule has 1 aromatic rings. The van der Waals surface area contributed by atoms with E-state index < -0.39 is 17.8 Å². The van der Waals surface area contributed by atoms with Crippen LogP contribution in [0.5, 0.6) is 0 Å². The fourth-order valence-corrected chi connectivity index (χ4v) is 2.96. The lowest BCUT2D eigenvalue weighted by molar-refractivity contribution is -0.143. The molecule has 19 heavy (non-hydrogen) atoms. The summed E-state index contributed by atoms with van der Waals surface area (Å²) in [5, 5.41) is 9.16. The largest absolute Gasteiger partial charge is 0.480 e. The molecule has 6 heteroatoms. The van der Waals surface area contributed by atoms with E-state index in [0.29, 0.717) is 22.1 Å². The standard InChI is InChI=1S/C13H13FINO3/c14-8-4-5-9(10(15)7-8)12(17)16-6-2-1-3-11(16)13(18)19/h4-5,7,11H,1-3,6H2,(H,18,19)/t11-/m0/s1. The molecule has 102 valence electrons. The highest BCUT2D eigenvalue weighted by molar-refractivity contribution is 14.1. The Morgan fingerprint density at radius 2 is 2.11 bits per heavy atom. The zero-order chi connectivity index (χ0) is 14.0. The fraction of sp³-hybridized carbons (Fsp3) is 0.385. The molecular weight excluding hydrogens is 364 g/mol. The molecule has 1 aliphatic heterocycles. The zero-order valence-corrected chi connectivity index (χ0v) is 12.3. The molecule has 0 spiro atoms. The maximum Gasteiger partial charge on any atom is 0.326 e. The van der Waals surface area contributed by atoms with Crippen LogP contribution in [0.15, 0.2) is 18.2 Å². The highest BCUT2D eigenvalue weighted by atomic mass is 127. The molecule has 1 aromatic carbocycles. The van der Waals surface area contributed by atoms with Crippen LogP contribution in [0.2, 0.25) is 0 Å². The summed E-state index contributed by atoms with van der Waals surface area (Å²) in [6.07, 6.45) is 2.08. The van der Waals surface area contributed by atoms with Gasteiger partial charge in [0.05, 0.1) is 5.56 Å². The van der Waals surface area contributed by atoms with Gasteiger partial charge in [-0.15, -0.1) is 0 Å². The van der Waals surface area contributed by atoms with Crippen molar-refractivity contribution in [3.8, 4) is 0 Å². The normalized spacial score (nSPS) is 19.3. The molecule has 2 rings (SSSR count). The third kappa shape index (κ3) is 3.05. The van der Waals surface area contributed by atoms with Crippen molar-refractivity contribution in [2.24, 2.45) is 0 Å². The van der Waals surface area contributed by atoms with Crippen LogP contribution < -0.4 is 0 Å².